The number of nitrogens with one attached hydrogen (secondary N) is 1. The summed E-state index contributed by atoms with van der Waals surface area (Å²) in [5.41, 5.74) is 0.475. The summed E-state index contributed by atoms with van der Waals surface area (Å²) in [7, 11) is 1.56. The van der Waals surface area contributed by atoms with E-state index in [0.717, 1.165) is 18.2 Å². The van der Waals surface area contributed by atoms with E-state index in [4.69, 9.17) is 13.9 Å². The van der Waals surface area contributed by atoms with Crippen LogP contribution >= 0.6 is 0 Å². The van der Waals surface area contributed by atoms with Crippen LogP contribution < -0.4 is 10.1 Å². The minimum Gasteiger partial charge on any atom is -0.497 e. The van der Waals surface area contributed by atoms with Crippen LogP contribution in [0.15, 0.2) is 28.9 Å². The molecule has 0 radical (unpaired) electrons. The van der Waals surface area contributed by atoms with Gasteiger partial charge >= 0.3 is 5.97 Å². The Hall–Kier alpha value is -3.01. The Kier molecular flexibility index (Phi) is 5.12. The Labute approximate surface area is 150 Å². The highest BCUT2D eigenvalue weighted by atomic mass is 16.5. The molecule has 0 spiro atoms. The zero-order valence-electron chi connectivity index (χ0n) is 14.5. The van der Waals surface area contributed by atoms with E-state index in [1.165, 1.54) is 6.26 Å². The van der Waals surface area contributed by atoms with E-state index in [0.29, 0.717) is 29.7 Å². The summed E-state index contributed by atoms with van der Waals surface area (Å²) in [6.07, 6.45) is 4.57. The van der Waals surface area contributed by atoms with Gasteiger partial charge in [0.05, 0.1) is 25.9 Å². The standard InChI is InChI=1S/C19H20N2O5/c1-24-14-4-5-15-13(10-25-16(15)9-14)8-18(23)26-11-17(22)21-19(12-20)6-2-3-7-19/h4-5,9-10H,2-3,6-8,11H2,1H3,(H,21,22). The number of nitriles is 1. The van der Waals surface area contributed by atoms with Crippen molar-refractivity contribution < 1.29 is 23.5 Å². The molecule has 0 atom stereocenters. The molecule has 1 aliphatic rings. The largest absolute Gasteiger partial charge is 0.497 e. The predicted octanol–water partition coefficient (Wildman–Crippen LogP) is 2.48. The molecule has 1 fully saturated rings. The van der Waals surface area contributed by atoms with Crippen molar-refractivity contribution in [3.8, 4) is 11.8 Å². The van der Waals surface area contributed by atoms with Crippen molar-refractivity contribution in [1.82, 2.24) is 5.32 Å². The van der Waals surface area contributed by atoms with Gasteiger partial charge in [0.2, 0.25) is 0 Å². The molecule has 0 unspecified atom stereocenters. The Bertz CT molecular complexity index is 858. The number of fused-ring (bicyclic) bond motifs is 1. The fourth-order valence-electron chi connectivity index (χ4n) is 3.23. The fourth-order valence-corrected chi connectivity index (χ4v) is 3.23. The summed E-state index contributed by atoms with van der Waals surface area (Å²) in [4.78, 5) is 24.0. The number of hydrogen-bond acceptors (Lipinski definition) is 6. The molecule has 0 aliphatic heterocycles. The van der Waals surface area contributed by atoms with Crippen LogP contribution in [0.2, 0.25) is 0 Å². The van der Waals surface area contributed by atoms with Crippen molar-refractivity contribution in [3.63, 3.8) is 0 Å². The second-order valence-corrected chi connectivity index (χ2v) is 6.41. The van der Waals surface area contributed by atoms with Crippen molar-refractivity contribution in [2.45, 2.75) is 37.6 Å². The second-order valence-electron chi connectivity index (χ2n) is 6.41. The number of esters is 1. The van der Waals surface area contributed by atoms with Gasteiger partial charge in [-0.05, 0) is 37.8 Å². The molecule has 1 aromatic heterocycles. The maximum absolute atomic E-state index is 12.0. The molecular weight excluding hydrogens is 336 g/mol. The van der Waals surface area contributed by atoms with E-state index >= 15 is 0 Å². The molecule has 7 nitrogen and oxygen atoms in total. The van der Waals surface area contributed by atoms with Gasteiger partial charge in [-0.2, -0.15) is 5.26 Å². The Morgan fingerprint density at radius 2 is 2.12 bits per heavy atom. The van der Waals surface area contributed by atoms with Crippen LogP contribution in [0, 0.1) is 11.3 Å². The van der Waals surface area contributed by atoms with Gasteiger partial charge in [-0.3, -0.25) is 9.59 Å². The highest BCUT2D eigenvalue weighted by molar-refractivity contribution is 5.87. The van der Waals surface area contributed by atoms with Crippen molar-refractivity contribution in [2.24, 2.45) is 0 Å². The molecule has 1 amide bonds. The molecule has 0 bridgehead atoms. The average Bonchev–Trinajstić information content (AvgIpc) is 3.27. The minimum absolute atomic E-state index is 0.00397. The Morgan fingerprint density at radius 1 is 1.35 bits per heavy atom. The molecule has 3 rings (SSSR count). The molecule has 136 valence electrons. The molecule has 7 heteroatoms. The van der Waals surface area contributed by atoms with Crippen molar-refractivity contribution in [3.05, 3.63) is 30.0 Å². The lowest BCUT2D eigenvalue weighted by atomic mass is 10.00. The van der Waals surface area contributed by atoms with Crippen LogP contribution in [-0.2, 0) is 20.7 Å². The fraction of sp³-hybridized carbons (Fsp3) is 0.421. The number of hydrogen-bond donors (Lipinski definition) is 1. The number of ether oxygens (including phenoxy) is 2. The number of methoxy groups -OCH3 is 1. The number of rotatable bonds is 6. The van der Waals surface area contributed by atoms with Crippen LogP contribution in [-0.4, -0.2) is 31.1 Å². The second kappa shape index (κ2) is 7.48. The minimum atomic E-state index is -0.816. The summed E-state index contributed by atoms with van der Waals surface area (Å²) in [6.45, 7) is -0.397. The average molecular weight is 356 g/mol. The van der Waals surface area contributed by atoms with Gasteiger partial charge in [-0.1, -0.05) is 0 Å². The van der Waals surface area contributed by atoms with Crippen molar-refractivity contribution in [1.29, 1.82) is 5.26 Å². The third kappa shape index (κ3) is 3.80. The van der Waals surface area contributed by atoms with E-state index < -0.39 is 24.0 Å². The Morgan fingerprint density at radius 3 is 2.81 bits per heavy atom. The lowest BCUT2D eigenvalue weighted by Gasteiger charge is -2.21. The number of benzene rings is 1. The molecule has 1 aliphatic carbocycles. The van der Waals surface area contributed by atoms with Crippen LogP contribution in [0.3, 0.4) is 0 Å². The first-order valence-electron chi connectivity index (χ1n) is 8.47. The molecule has 1 aromatic carbocycles. The Balaban J connectivity index is 1.54. The number of amides is 1. The monoisotopic (exact) mass is 356 g/mol. The maximum Gasteiger partial charge on any atom is 0.310 e. The van der Waals surface area contributed by atoms with E-state index in [1.807, 2.05) is 6.07 Å². The third-order valence-electron chi connectivity index (χ3n) is 4.61. The SMILES string of the molecule is COc1ccc2c(CC(=O)OCC(=O)NC3(C#N)CCCC3)coc2c1. The maximum atomic E-state index is 12.0. The molecule has 1 heterocycles. The lowest BCUT2D eigenvalue weighted by Crippen LogP contribution is -2.46. The first-order valence-corrected chi connectivity index (χ1v) is 8.47. The van der Waals surface area contributed by atoms with Gasteiger partial charge in [-0.25, -0.2) is 0 Å². The van der Waals surface area contributed by atoms with Gasteiger partial charge < -0.3 is 19.2 Å². The smallest absolute Gasteiger partial charge is 0.310 e. The quantitative estimate of drug-likeness (QED) is 0.798. The number of nitrogens with zero attached hydrogens (tertiary/aromatic N) is 1. The molecule has 26 heavy (non-hydrogen) atoms. The first-order chi connectivity index (χ1) is 12.5. The van der Waals surface area contributed by atoms with E-state index in [1.54, 1.807) is 19.2 Å². The first kappa shape index (κ1) is 17.8. The molecule has 2 aromatic rings. The third-order valence-corrected chi connectivity index (χ3v) is 4.61. The van der Waals surface area contributed by atoms with Gasteiger partial charge in [0.25, 0.3) is 5.91 Å². The zero-order valence-corrected chi connectivity index (χ0v) is 14.5. The van der Waals surface area contributed by atoms with Crippen LogP contribution in [0.4, 0.5) is 0 Å². The van der Waals surface area contributed by atoms with E-state index in [9.17, 15) is 14.9 Å². The van der Waals surface area contributed by atoms with Gasteiger partial charge in [0.1, 0.15) is 16.9 Å². The highest BCUT2D eigenvalue weighted by Gasteiger charge is 2.35. The number of carbonyl (C=O) groups is 2. The summed E-state index contributed by atoms with van der Waals surface area (Å²) in [5.74, 6) is -0.323. The number of furan rings is 1. The predicted molar refractivity (Wildman–Crippen MR) is 92.4 cm³/mol. The topological polar surface area (TPSA) is 102 Å². The molecular formula is C19H20N2O5. The van der Waals surface area contributed by atoms with Crippen LogP contribution in [0.25, 0.3) is 11.0 Å². The summed E-state index contributed by atoms with van der Waals surface area (Å²) in [5, 5.41) is 12.7. The van der Waals surface area contributed by atoms with Crippen molar-refractivity contribution >= 4 is 22.8 Å². The zero-order chi connectivity index (χ0) is 18.6. The number of carbonyl (C=O) groups excluding carboxylic acids is 2. The molecule has 1 N–H and O–H groups in total. The van der Waals surface area contributed by atoms with Gasteiger partial charge in [0.15, 0.2) is 6.61 Å². The summed E-state index contributed by atoms with van der Waals surface area (Å²) >= 11 is 0. The lowest BCUT2D eigenvalue weighted by molar-refractivity contribution is -0.148. The normalized spacial score (nSPS) is 15.4. The van der Waals surface area contributed by atoms with Crippen LogP contribution in [0.5, 0.6) is 5.75 Å². The van der Waals surface area contributed by atoms with E-state index in [-0.39, 0.29) is 6.42 Å². The molecule has 0 saturated heterocycles. The van der Waals surface area contributed by atoms with Gasteiger partial charge in [-0.15, -0.1) is 0 Å². The van der Waals surface area contributed by atoms with Crippen molar-refractivity contribution in [2.75, 3.05) is 13.7 Å². The highest BCUT2D eigenvalue weighted by Crippen LogP contribution is 2.29. The van der Waals surface area contributed by atoms with E-state index in [2.05, 4.69) is 11.4 Å². The van der Waals surface area contributed by atoms with Crippen LogP contribution in [0.1, 0.15) is 31.2 Å². The summed E-state index contributed by atoms with van der Waals surface area (Å²) < 4.78 is 15.6. The van der Waals surface area contributed by atoms with Gasteiger partial charge in [0, 0.05) is 17.0 Å². The summed E-state index contributed by atoms with van der Waals surface area (Å²) in [6, 6.07) is 7.49. The molecule has 1 saturated carbocycles.